The van der Waals surface area contributed by atoms with Crippen LogP contribution in [0.25, 0.3) is 0 Å². The Morgan fingerprint density at radius 3 is 2.33 bits per heavy atom. The largest absolute Gasteiger partial charge is 0.465 e. The summed E-state index contributed by atoms with van der Waals surface area (Å²) in [5.41, 5.74) is 0.793. The van der Waals surface area contributed by atoms with Crippen LogP contribution in [0.5, 0.6) is 0 Å². The molecule has 0 aliphatic heterocycles. The van der Waals surface area contributed by atoms with Crippen molar-refractivity contribution in [2.45, 2.75) is 26.7 Å². The molecule has 1 rings (SSSR count). The number of allylic oxidation sites excluding steroid dienone is 2. The van der Waals surface area contributed by atoms with Crippen LogP contribution in [-0.4, -0.2) is 30.1 Å². The fourth-order valence-corrected chi connectivity index (χ4v) is 2.02. The van der Waals surface area contributed by atoms with E-state index >= 15 is 0 Å². The maximum absolute atomic E-state index is 11.8. The zero-order chi connectivity index (χ0) is 17.9. The van der Waals surface area contributed by atoms with E-state index in [1.807, 2.05) is 0 Å². The Bertz CT molecular complexity index is 593. The molecule has 0 radical (unpaired) electrons. The zero-order valence-corrected chi connectivity index (χ0v) is 13.8. The van der Waals surface area contributed by atoms with Crippen LogP contribution in [0.15, 0.2) is 36.4 Å². The van der Waals surface area contributed by atoms with Gasteiger partial charge >= 0.3 is 11.9 Å². The van der Waals surface area contributed by atoms with E-state index < -0.39 is 22.8 Å². The lowest BCUT2D eigenvalue weighted by molar-refractivity contribution is -0.384. The average Bonchev–Trinajstić information content (AvgIpc) is 2.55. The highest BCUT2D eigenvalue weighted by Crippen LogP contribution is 2.15. The first-order valence-electron chi connectivity index (χ1n) is 7.71. The van der Waals surface area contributed by atoms with Gasteiger partial charge in [-0.25, -0.2) is 0 Å². The number of ether oxygens (including phenoxy) is 2. The molecule has 24 heavy (non-hydrogen) atoms. The third-order valence-corrected chi connectivity index (χ3v) is 3.16. The van der Waals surface area contributed by atoms with Crippen molar-refractivity contribution < 1.29 is 24.0 Å². The molecule has 7 nitrogen and oxygen atoms in total. The summed E-state index contributed by atoms with van der Waals surface area (Å²) in [6.45, 7) is 3.70. The molecule has 0 aliphatic rings. The van der Waals surface area contributed by atoms with Gasteiger partial charge in [-0.05, 0) is 32.3 Å². The van der Waals surface area contributed by atoms with Crippen LogP contribution in [0.3, 0.4) is 0 Å². The van der Waals surface area contributed by atoms with Crippen molar-refractivity contribution in [2.24, 2.45) is 5.92 Å². The number of carbonyl (C=O) groups is 2. The molecule has 0 saturated carbocycles. The highest BCUT2D eigenvalue weighted by Gasteiger charge is 2.28. The van der Waals surface area contributed by atoms with Crippen LogP contribution in [0.2, 0.25) is 0 Å². The Morgan fingerprint density at radius 2 is 1.79 bits per heavy atom. The van der Waals surface area contributed by atoms with Crippen LogP contribution in [0, 0.1) is 16.0 Å². The summed E-state index contributed by atoms with van der Waals surface area (Å²) < 4.78 is 9.76. The summed E-state index contributed by atoms with van der Waals surface area (Å²) in [7, 11) is 0. The minimum atomic E-state index is -0.994. The number of non-ortho nitro benzene ring substituents is 1. The van der Waals surface area contributed by atoms with Crippen LogP contribution < -0.4 is 0 Å². The van der Waals surface area contributed by atoms with E-state index in [9.17, 15) is 19.7 Å². The van der Waals surface area contributed by atoms with Gasteiger partial charge < -0.3 is 9.47 Å². The predicted molar refractivity (Wildman–Crippen MR) is 87.3 cm³/mol. The van der Waals surface area contributed by atoms with E-state index in [0.717, 1.165) is 5.56 Å². The van der Waals surface area contributed by atoms with Crippen LogP contribution >= 0.6 is 0 Å². The van der Waals surface area contributed by atoms with Gasteiger partial charge in [-0.15, -0.1) is 0 Å². The summed E-state index contributed by atoms with van der Waals surface area (Å²) in [6.07, 6.45) is 4.05. The summed E-state index contributed by atoms with van der Waals surface area (Å²) in [6, 6.07) is 6.29. The van der Waals surface area contributed by atoms with Gasteiger partial charge in [-0.1, -0.05) is 24.3 Å². The fourth-order valence-electron chi connectivity index (χ4n) is 2.02. The van der Waals surface area contributed by atoms with E-state index in [4.69, 9.17) is 9.47 Å². The third kappa shape index (κ3) is 6.20. The lowest BCUT2D eigenvalue weighted by Gasteiger charge is -2.12. The number of rotatable bonds is 9. The van der Waals surface area contributed by atoms with Crippen molar-refractivity contribution in [3.8, 4) is 0 Å². The minimum Gasteiger partial charge on any atom is -0.465 e. The number of benzene rings is 1. The van der Waals surface area contributed by atoms with Gasteiger partial charge in [0.05, 0.1) is 18.1 Å². The standard InChI is InChI=1S/C17H21NO6/c1-3-23-16(19)15(17(20)24-4-2)11-6-5-8-13-9-7-10-14(12-13)18(21)22/h5-7,9-10,12,15H,3-4,8,11H2,1-2H3/b6-5+. The van der Waals surface area contributed by atoms with E-state index in [-0.39, 0.29) is 25.3 Å². The molecule has 1 aromatic carbocycles. The summed E-state index contributed by atoms with van der Waals surface area (Å²) in [5, 5.41) is 10.7. The second-order valence-corrected chi connectivity index (χ2v) is 4.89. The number of nitro benzene ring substituents is 1. The highest BCUT2D eigenvalue weighted by molar-refractivity contribution is 5.95. The third-order valence-electron chi connectivity index (χ3n) is 3.16. The topological polar surface area (TPSA) is 95.7 Å². The van der Waals surface area contributed by atoms with E-state index in [2.05, 4.69) is 0 Å². The quantitative estimate of drug-likeness (QED) is 0.226. The maximum atomic E-state index is 11.8. The number of esters is 2. The Balaban J connectivity index is 2.67. The molecule has 0 spiro atoms. The maximum Gasteiger partial charge on any atom is 0.320 e. The van der Waals surface area contributed by atoms with Crippen LogP contribution in [-0.2, 0) is 25.5 Å². The number of hydrogen-bond donors (Lipinski definition) is 0. The molecule has 0 aliphatic carbocycles. The van der Waals surface area contributed by atoms with E-state index in [1.165, 1.54) is 12.1 Å². The van der Waals surface area contributed by atoms with Gasteiger partial charge in [0.1, 0.15) is 0 Å². The second kappa shape index (κ2) is 10.1. The summed E-state index contributed by atoms with van der Waals surface area (Å²) in [5.74, 6) is -2.22. The molecule has 0 amide bonds. The van der Waals surface area contributed by atoms with Crippen molar-refractivity contribution in [3.63, 3.8) is 0 Å². The number of nitro groups is 1. The van der Waals surface area contributed by atoms with Crippen molar-refractivity contribution in [3.05, 3.63) is 52.1 Å². The van der Waals surface area contributed by atoms with Gasteiger partial charge in [0, 0.05) is 12.1 Å². The number of hydrogen-bond acceptors (Lipinski definition) is 6. The Morgan fingerprint density at radius 1 is 1.17 bits per heavy atom. The van der Waals surface area contributed by atoms with Crippen molar-refractivity contribution in [1.29, 1.82) is 0 Å². The van der Waals surface area contributed by atoms with Crippen molar-refractivity contribution in [1.82, 2.24) is 0 Å². The molecule has 0 saturated heterocycles. The molecular formula is C17H21NO6. The molecule has 0 N–H and O–H groups in total. The van der Waals surface area contributed by atoms with Gasteiger partial charge in [-0.2, -0.15) is 0 Å². The molecule has 0 heterocycles. The first-order chi connectivity index (χ1) is 11.5. The minimum absolute atomic E-state index is 0.0248. The monoisotopic (exact) mass is 335 g/mol. The number of nitrogens with zero attached hydrogens (tertiary/aromatic N) is 1. The lowest BCUT2D eigenvalue weighted by atomic mass is 10.0. The van der Waals surface area contributed by atoms with E-state index in [1.54, 1.807) is 38.1 Å². The first kappa shape index (κ1) is 19.3. The zero-order valence-electron chi connectivity index (χ0n) is 13.8. The normalized spacial score (nSPS) is 10.8. The Kier molecular flexibility index (Phi) is 8.18. The molecule has 1 aromatic rings. The van der Waals surface area contributed by atoms with Gasteiger partial charge in [0.2, 0.25) is 0 Å². The highest BCUT2D eigenvalue weighted by atomic mass is 16.6. The van der Waals surface area contributed by atoms with Crippen molar-refractivity contribution >= 4 is 17.6 Å². The van der Waals surface area contributed by atoms with Gasteiger partial charge in [-0.3, -0.25) is 19.7 Å². The SMILES string of the molecule is CCOC(=O)C(C/C=C/Cc1cccc([N+](=O)[O-])c1)C(=O)OCC. The molecule has 0 atom stereocenters. The van der Waals surface area contributed by atoms with Gasteiger partial charge in [0.15, 0.2) is 5.92 Å². The molecule has 0 bridgehead atoms. The molecule has 7 heteroatoms. The predicted octanol–water partition coefficient (Wildman–Crippen LogP) is 2.83. The van der Waals surface area contributed by atoms with Gasteiger partial charge in [0.25, 0.3) is 5.69 Å². The first-order valence-corrected chi connectivity index (χ1v) is 7.71. The van der Waals surface area contributed by atoms with Crippen LogP contribution in [0.4, 0.5) is 5.69 Å². The lowest BCUT2D eigenvalue weighted by Crippen LogP contribution is -2.27. The number of carbonyl (C=O) groups excluding carboxylic acids is 2. The molecule has 0 unspecified atom stereocenters. The Hall–Kier alpha value is -2.70. The molecular weight excluding hydrogens is 314 g/mol. The summed E-state index contributed by atoms with van der Waals surface area (Å²) >= 11 is 0. The fraction of sp³-hybridized carbons (Fsp3) is 0.412. The molecule has 130 valence electrons. The molecule has 0 aromatic heterocycles. The van der Waals surface area contributed by atoms with Crippen LogP contribution in [0.1, 0.15) is 25.8 Å². The second-order valence-electron chi connectivity index (χ2n) is 4.89. The Labute approximate surface area is 140 Å². The molecule has 0 fully saturated rings. The van der Waals surface area contributed by atoms with E-state index in [0.29, 0.717) is 6.42 Å². The summed E-state index contributed by atoms with van der Waals surface area (Å²) in [4.78, 5) is 33.9. The average molecular weight is 335 g/mol. The smallest absolute Gasteiger partial charge is 0.320 e. The van der Waals surface area contributed by atoms with Crippen molar-refractivity contribution in [2.75, 3.05) is 13.2 Å².